The number of benzene rings is 1. The summed E-state index contributed by atoms with van der Waals surface area (Å²) in [7, 11) is 0. The largest absolute Gasteiger partial charge is 0.257 e. The standard InChI is InChI=1S/C12H17NS/c1-10-6-8-12(9-7-10)14-13-11-4-2-3-5-11/h6-9,11,13H,2-5H2,1H3. The zero-order valence-electron chi connectivity index (χ0n) is 8.62. The van der Waals surface area contributed by atoms with E-state index >= 15 is 0 Å². The first-order valence-corrected chi connectivity index (χ1v) is 6.15. The third-order valence-electron chi connectivity index (χ3n) is 2.72. The number of rotatable bonds is 3. The minimum absolute atomic E-state index is 0.737. The van der Waals surface area contributed by atoms with Crippen LogP contribution in [0.15, 0.2) is 29.2 Å². The molecule has 1 aromatic carbocycles. The Morgan fingerprint density at radius 1 is 1.14 bits per heavy atom. The molecule has 76 valence electrons. The van der Waals surface area contributed by atoms with Gasteiger partial charge < -0.3 is 0 Å². The van der Waals surface area contributed by atoms with Gasteiger partial charge in [-0.05, 0) is 43.8 Å². The van der Waals surface area contributed by atoms with E-state index in [9.17, 15) is 0 Å². The van der Waals surface area contributed by atoms with Crippen molar-refractivity contribution in [1.29, 1.82) is 0 Å². The lowest BCUT2D eigenvalue weighted by molar-refractivity contribution is 0.657. The minimum Gasteiger partial charge on any atom is -0.257 e. The molecule has 1 aliphatic carbocycles. The number of aryl methyl sites for hydroxylation is 1. The van der Waals surface area contributed by atoms with Gasteiger partial charge in [-0.2, -0.15) is 0 Å². The molecule has 0 aromatic heterocycles. The van der Waals surface area contributed by atoms with Crippen molar-refractivity contribution >= 4 is 11.9 Å². The van der Waals surface area contributed by atoms with Crippen LogP contribution in [0.4, 0.5) is 0 Å². The van der Waals surface area contributed by atoms with Crippen LogP contribution in [0.2, 0.25) is 0 Å². The smallest absolute Gasteiger partial charge is 0.0228 e. The van der Waals surface area contributed by atoms with Gasteiger partial charge in [0.15, 0.2) is 0 Å². The SMILES string of the molecule is Cc1ccc(SNC2CCCC2)cc1. The predicted octanol–water partition coefficient (Wildman–Crippen LogP) is 3.53. The summed E-state index contributed by atoms with van der Waals surface area (Å²) >= 11 is 1.78. The van der Waals surface area contributed by atoms with Gasteiger partial charge in [0.2, 0.25) is 0 Å². The number of hydrogen-bond acceptors (Lipinski definition) is 2. The van der Waals surface area contributed by atoms with E-state index in [0.717, 1.165) is 6.04 Å². The van der Waals surface area contributed by atoms with Crippen LogP contribution < -0.4 is 4.72 Å². The van der Waals surface area contributed by atoms with E-state index < -0.39 is 0 Å². The van der Waals surface area contributed by atoms with E-state index in [1.807, 2.05) is 0 Å². The van der Waals surface area contributed by atoms with Crippen LogP contribution >= 0.6 is 11.9 Å². The maximum atomic E-state index is 3.53. The molecule has 1 fully saturated rings. The van der Waals surface area contributed by atoms with Gasteiger partial charge in [0.05, 0.1) is 0 Å². The molecule has 0 amide bonds. The lowest BCUT2D eigenvalue weighted by Crippen LogP contribution is -2.18. The second-order valence-corrected chi connectivity index (χ2v) is 4.93. The maximum absolute atomic E-state index is 3.53. The van der Waals surface area contributed by atoms with Gasteiger partial charge in [0.1, 0.15) is 0 Å². The first kappa shape index (κ1) is 10.1. The van der Waals surface area contributed by atoms with E-state index in [4.69, 9.17) is 0 Å². The summed E-state index contributed by atoms with van der Waals surface area (Å²) in [5.74, 6) is 0. The summed E-state index contributed by atoms with van der Waals surface area (Å²) in [5.41, 5.74) is 1.33. The third-order valence-corrected chi connectivity index (χ3v) is 3.68. The molecular weight excluding hydrogens is 190 g/mol. The second-order valence-electron chi connectivity index (χ2n) is 4.01. The Morgan fingerprint density at radius 2 is 1.79 bits per heavy atom. The van der Waals surface area contributed by atoms with Gasteiger partial charge in [0, 0.05) is 10.9 Å². The highest BCUT2D eigenvalue weighted by Gasteiger charge is 2.13. The van der Waals surface area contributed by atoms with Crippen LogP contribution in [-0.2, 0) is 0 Å². The summed E-state index contributed by atoms with van der Waals surface area (Å²) in [6.07, 6.45) is 5.48. The molecule has 1 nitrogen and oxygen atoms in total. The molecule has 0 bridgehead atoms. The van der Waals surface area contributed by atoms with Gasteiger partial charge in [-0.25, -0.2) is 0 Å². The Labute approximate surface area is 90.4 Å². The van der Waals surface area contributed by atoms with Crippen LogP contribution in [0, 0.1) is 6.92 Å². The van der Waals surface area contributed by atoms with Gasteiger partial charge in [0.25, 0.3) is 0 Å². The first-order valence-electron chi connectivity index (χ1n) is 5.33. The van der Waals surface area contributed by atoms with E-state index in [1.54, 1.807) is 11.9 Å². The maximum Gasteiger partial charge on any atom is 0.0228 e. The molecular formula is C12H17NS. The molecule has 1 saturated carbocycles. The normalized spacial score (nSPS) is 17.5. The Bertz CT molecular complexity index is 275. The van der Waals surface area contributed by atoms with Gasteiger partial charge in [-0.15, -0.1) is 0 Å². The Balaban J connectivity index is 1.82. The molecule has 0 aliphatic heterocycles. The van der Waals surface area contributed by atoms with Crippen LogP contribution in [0.3, 0.4) is 0 Å². The Morgan fingerprint density at radius 3 is 2.43 bits per heavy atom. The molecule has 0 radical (unpaired) electrons. The molecule has 2 rings (SSSR count). The molecule has 0 atom stereocenters. The van der Waals surface area contributed by atoms with Crippen molar-refractivity contribution in [2.24, 2.45) is 0 Å². The lowest BCUT2D eigenvalue weighted by atomic mass is 10.2. The molecule has 0 unspecified atom stereocenters. The van der Waals surface area contributed by atoms with Crippen molar-refractivity contribution in [1.82, 2.24) is 4.72 Å². The number of nitrogens with one attached hydrogen (secondary N) is 1. The van der Waals surface area contributed by atoms with Gasteiger partial charge in [-0.1, -0.05) is 30.5 Å². The highest BCUT2D eigenvalue weighted by Crippen LogP contribution is 2.23. The summed E-state index contributed by atoms with van der Waals surface area (Å²) in [6.45, 7) is 2.12. The number of hydrogen-bond donors (Lipinski definition) is 1. The molecule has 0 heterocycles. The molecule has 1 aliphatic rings. The summed E-state index contributed by atoms with van der Waals surface area (Å²) in [6, 6.07) is 9.43. The van der Waals surface area contributed by atoms with Crippen LogP contribution in [0.5, 0.6) is 0 Å². The zero-order valence-corrected chi connectivity index (χ0v) is 9.44. The fourth-order valence-corrected chi connectivity index (χ4v) is 2.61. The highest BCUT2D eigenvalue weighted by atomic mass is 32.2. The fourth-order valence-electron chi connectivity index (χ4n) is 1.80. The van der Waals surface area contributed by atoms with Crippen molar-refractivity contribution < 1.29 is 0 Å². The highest BCUT2D eigenvalue weighted by molar-refractivity contribution is 7.97. The summed E-state index contributed by atoms with van der Waals surface area (Å²) in [5, 5.41) is 0. The third kappa shape index (κ3) is 2.76. The van der Waals surface area contributed by atoms with Crippen molar-refractivity contribution in [3.8, 4) is 0 Å². The molecule has 0 spiro atoms. The quantitative estimate of drug-likeness (QED) is 0.761. The average Bonchev–Trinajstić information content (AvgIpc) is 2.70. The van der Waals surface area contributed by atoms with Crippen molar-refractivity contribution in [2.45, 2.75) is 43.5 Å². The zero-order chi connectivity index (χ0) is 9.80. The van der Waals surface area contributed by atoms with Gasteiger partial charge >= 0.3 is 0 Å². The Hall–Kier alpha value is -0.470. The summed E-state index contributed by atoms with van der Waals surface area (Å²) in [4.78, 5) is 1.32. The Kier molecular flexibility index (Phi) is 3.49. The predicted molar refractivity (Wildman–Crippen MR) is 62.4 cm³/mol. The van der Waals surface area contributed by atoms with E-state index in [2.05, 4.69) is 35.9 Å². The van der Waals surface area contributed by atoms with Crippen LogP contribution in [-0.4, -0.2) is 6.04 Å². The average molecular weight is 207 g/mol. The van der Waals surface area contributed by atoms with Crippen LogP contribution in [0.25, 0.3) is 0 Å². The summed E-state index contributed by atoms with van der Waals surface area (Å²) < 4.78 is 3.53. The van der Waals surface area contributed by atoms with E-state index in [1.165, 1.54) is 36.1 Å². The molecule has 1 N–H and O–H groups in total. The van der Waals surface area contributed by atoms with Crippen molar-refractivity contribution in [2.75, 3.05) is 0 Å². The topological polar surface area (TPSA) is 12.0 Å². The molecule has 2 heteroatoms. The molecule has 0 saturated heterocycles. The van der Waals surface area contributed by atoms with Crippen LogP contribution in [0.1, 0.15) is 31.2 Å². The second kappa shape index (κ2) is 4.85. The monoisotopic (exact) mass is 207 g/mol. The van der Waals surface area contributed by atoms with Crippen molar-refractivity contribution in [3.05, 3.63) is 29.8 Å². The molecule has 14 heavy (non-hydrogen) atoms. The molecule has 1 aromatic rings. The van der Waals surface area contributed by atoms with E-state index in [0.29, 0.717) is 0 Å². The van der Waals surface area contributed by atoms with E-state index in [-0.39, 0.29) is 0 Å². The lowest BCUT2D eigenvalue weighted by Gasteiger charge is -2.10. The van der Waals surface area contributed by atoms with Crippen molar-refractivity contribution in [3.63, 3.8) is 0 Å². The minimum atomic E-state index is 0.737. The fraction of sp³-hybridized carbons (Fsp3) is 0.500. The first-order chi connectivity index (χ1) is 6.84. The van der Waals surface area contributed by atoms with Gasteiger partial charge in [-0.3, -0.25) is 4.72 Å².